The van der Waals surface area contributed by atoms with E-state index < -0.39 is 17.7 Å². The average Bonchev–Trinajstić information content (AvgIpc) is 2.47. The summed E-state index contributed by atoms with van der Waals surface area (Å²) in [6.45, 7) is 2.05. The van der Waals surface area contributed by atoms with Crippen molar-refractivity contribution in [2.45, 2.75) is 57.1 Å². The van der Waals surface area contributed by atoms with Gasteiger partial charge in [0.1, 0.15) is 0 Å². The lowest BCUT2D eigenvalue weighted by atomic mass is 9.66. The topological polar surface area (TPSA) is 69.6 Å². The van der Waals surface area contributed by atoms with E-state index in [4.69, 9.17) is 0 Å². The molecule has 3 atom stereocenters. The summed E-state index contributed by atoms with van der Waals surface area (Å²) in [6.07, 6.45) is 3.71. The average molecular weight is 417 g/mol. The Hall–Kier alpha value is -0.820. The monoisotopic (exact) mass is 417 g/mol. The molecule has 1 aromatic carbocycles. The van der Waals surface area contributed by atoms with Gasteiger partial charge in [0.05, 0.1) is 11.6 Å². The van der Waals surface area contributed by atoms with Gasteiger partial charge in [0, 0.05) is 9.49 Å². The molecule has 0 radical (unpaired) electrons. The third kappa shape index (κ3) is 3.56. The summed E-state index contributed by atoms with van der Waals surface area (Å²) < 4.78 is 1.05. The first-order chi connectivity index (χ1) is 10.5. The Labute approximate surface area is 145 Å². The summed E-state index contributed by atoms with van der Waals surface area (Å²) in [5, 5.41) is 22.9. The molecule has 2 rings (SSSR count). The van der Waals surface area contributed by atoms with Gasteiger partial charge in [-0.25, -0.2) is 4.79 Å². The van der Waals surface area contributed by atoms with Crippen LogP contribution < -0.4 is 5.32 Å². The van der Waals surface area contributed by atoms with Crippen LogP contribution in [0.25, 0.3) is 0 Å². The van der Waals surface area contributed by atoms with Crippen molar-refractivity contribution >= 4 is 28.7 Å². The van der Waals surface area contributed by atoms with Crippen LogP contribution in [-0.2, 0) is 5.54 Å². The molecule has 0 aliphatic heterocycles. The zero-order valence-corrected chi connectivity index (χ0v) is 15.0. The molecule has 0 bridgehead atoms. The Bertz CT molecular complexity index is 522. The molecule has 1 amide bonds. The lowest BCUT2D eigenvalue weighted by molar-refractivity contribution is 0.00785. The van der Waals surface area contributed by atoms with E-state index in [0.717, 1.165) is 41.2 Å². The number of aliphatic hydroxyl groups excluding tert-OH is 1. The summed E-state index contributed by atoms with van der Waals surface area (Å²) in [6, 6.07) is 7.90. The molecule has 1 aliphatic rings. The molecule has 1 saturated carbocycles. The standard InChI is InChI=1S/C17H24INO3/c1-2-7-15(20)13-9-5-6-11-17(13,19-16(21)22)12-8-3-4-10-14(12)18/h3-4,8,10,13,15,19-20H,2,5-7,9,11H2,1H3,(H,21,22). The second-order valence-corrected chi connectivity index (χ2v) is 7.25. The smallest absolute Gasteiger partial charge is 0.405 e. The number of hydrogen-bond acceptors (Lipinski definition) is 2. The quantitative estimate of drug-likeness (QED) is 0.632. The van der Waals surface area contributed by atoms with Crippen LogP contribution in [0.4, 0.5) is 4.79 Å². The van der Waals surface area contributed by atoms with Gasteiger partial charge in [-0.1, -0.05) is 44.4 Å². The molecule has 1 fully saturated rings. The summed E-state index contributed by atoms with van der Waals surface area (Å²) in [5.74, 6) is -0.0757. The number of benzene rings is 1. The molecule has 0 saturated heterocycles. The van der Waals surface area contributed by atoms with Gasteiger partial charge >= 0.3 is 6.09 Å². The van der Waals surface area contributed by atoms with E-state index in [1.165, 1.54) is 0 Å². The van der Waals surface area contributed by atoms with Gasteiger partial charge in [0.15, 0.2) is 0 Å². The fourth-order valence-electron chi connectivity index (χ4n) is 3.79. The maximum Gasteiger partial charge on any atom is 0.405 e. The zero-order valence-electron chi connectivity index (χ0n) is 12.9. The molecule has 3 N–H and O–H groups in total. The van der Waals surface area contributed by atoms with E-state index in [-0.39, 0.29) is 5.92 Å². The van der Waals surface area contributed by atoms with Crippen LogP contribution in [0.3, 0.4) is 0 Å². The van der Waals surface area contributed by atoms with Gasteiger partial charge in [-0.15, -0.1) is 0 Å². The van der Waals surface area contributed by atoms with E-state index >= 15 is 0 Å². The highest BCUT2D eigenvalue weighted by Gasteiger charge is 2.47. The molecule has 3 unspecified atom stereocenters. The van der Waals surface area contributed by atoms with Crippen molar-refractivity contribution in [3.05, 3.63) is 33.4 Å². The first-order valence-electron chi connectivity index (χ1n) is 7.95. The Balaban J connectivity index is 2.49. The number of nitrogens with one attached hydrogen (secondary N) is 1. The van der Waals surface area contributed by atoms with Crippen LogP contribution >= 0.6 is 22.6 Å². The van der Waals surface area contributed by atoms with Crippen molar-refractivity contribution in [2.75, 3.05) is 0 Å². The van der Waals surface area contributed by atoms with Crippen molar-refractivity contribution < 1.29 is 15.0 Å². The molecule has 0 spiro atoms. The molecule has 0 heterocycles. The van der Waals surface area contributed by atoms with Gasteiger partial charge in [0.25, 0.3) is 0 Å². The van der Waals surface area contributed by atoms with Crippen LogP contribution in [0.2, 0.25) is 0 Å². The minimum absolute atomic E-state index is 0.0757. The van der Waals surface area contributed by atoms with E-state index in [1.54, 1.807) is 0 Å². The Morgan fingerprint density at radius 1 is 1.45 bits per heavy atom. The van der Waals surface area contributed by atoms with Crippen LogP contribution in [-0.4, -0.2) is 22.4 Å². The third-order valence-corrected chi connectivity index (χ3v) is 5.64. The largest absolute Gasteiger partial charge is 0.465 e. The zero-order chi connectivity index (χ0) is 16.2. The lowest BCUT2D eigenvalue weighted by Gasteiger charge is -2.47. The Morgan fingerprint density at radius 3 is 2.82 bits per heavy atom. The normalized spacial score (nSPS) is 26.4. The molecule has 1 aromatic rings. The number of rotatable bonds is 5. The van der Waals surface area contributed by atoms with Gasteiger partial charge in [-0.2, -0.15) is 0 Å². The summed E-state index contributed by atoms with van der Waals surface area (Å²) in [4.78, 5) is 11.5. The summed E-state index contributed by atoms with van der Waals surface area (Å²) >= 11 is 2.26. The number of carbonyl (C=O) groups is 1. The molecule has 4 nitrogen and oxygen atoms in total. The fourth-order valence-corrected chi connectivity index (χ4v) is 4.66. The van der Waals surface area contributed by atoms with Crippen molar-refractivity contribution in [3.63, 3.8) is 0 Å². The van der Waals surface area contributed by atoms with Gasteiger partial charge in [-0.05, 0) is 53.5 Å². The Kier molecular flexibility index (Phi) is 6.09. The van der Waals surface area contributed by atoms with E-state index in [0.29, 0.717) is 6.42 Å². The molecule has 5 heteroatoms. The number of aliphatic hydroxyl groups is 1. The van der Waals surface area contributed by atoms with Gasteiger partial charge < -0.3 is 15.5 Å². The minimum atomic E-state index is -1.02. The number of carboxylic acid groups (broad SMARTS) is 1. The van der Waals surface area contributed by atoms with Gasteiger partial charge in [0.2, 0.25) is 0 Å². The first kappa shape index (κ1) is 17.5. The van der Waals surface area contributed by atoms with Crippen LogP contribution in [0.15, 0.2) is 24.3 Å². The molecular formula is C17H24INO3. The molecule has 22 heavy (non-hydrogen) atoms. The van der Waals surface area contributed by atoms with E-state index in [2.05, 4.69) is 27.9 Å². The van der Waals surface area contributed by atoms with E-state index in [9.17, 15) is 15.0 Å². The van der Waals surface area contributed by atoms with Crippen LogP contribution in [0.1, 0.15) is 51.0 Å². The number of halogens is 1. The first-order valence-corrected chi connectivity index (χ1v) is 9.03. The second kappa shape index (κ2) is 7.64. The molecule has 0 aromatic heterocycles. The predicted octanol–water partition coefficient (Wildman–Crippen LogP) is 4.11. The van der Waals surface area contributed by atoms with Crippen molar-refractivity contribution in [1.29, 1.82) is 0 Å². The molecule has 122 valence electrons. The highest BCUT2D eigenvalue weighted by Crippen LogP contribution is 2.45. The van der Waals surface area contributed by atoms with Crippen molar-refractivity contribution in [2.24, 2.45) is 5.92 Å². The highest BCUT2D eigenvalue weighted by atomic mass is 127. The number of hydrogen-bond donors (Lipinski definition) is 3. The SMILES string of the molecule is CCCC(O)C1CCCCC1(NC(=O)O)c1ccccc1I. The van der Waals surface area contributed by atoms with Gasteiger partial charge in [-0.3, -0.25) is 0 Å². The summed E-state index contributed by atoms with van der Waals surface area (Å²) in [7, 11) is 0. The Morgan fingerprint density at radius 2 is 2.18 bits per heavy atom. The minimum Gasteiger partial charge on any atom is -0.465 e. The maximum absolute atomic E-state index is 11.5. The molecule has 1 aliphatic carbocycles. The van der Waals surface area contributed by atoms with Crippen molar-refractivity contribution in [3.8, 4) is 0 Å². The van der Waals surface area contributed by atoms with E-state index in [1.807, 2.05) is 31.2 Å². The third-order valence-electron chi connectivity index (χ3n) is 4.70. The highest BCUT2D eigenvalue weighted by molar-refractivity contribution is 14.1. The lowest BCUT2D eigenvalue weighted by Crippen LogP contribution is -2.56. The van der Waals surface area contributed by atoms with Crippen LogP contribution in [0.5, 0.6) is 0 Å². The van der Waals surface area contributed by atoms with Crippen LogP contribution in [0, 0.1) is 9.49 Å². The maximum atomic E-state index is 11.5. The fraction of sp³-hybridized carbons (Fsp3) is 0.588. The number of amides is 1. The second-order valence-electron chi connectivity index (χ2n) is 6.09. The predicted molar refractivity (Wildman–Crippen MR) is 94.9 cm³/mol. The summed E-state index contributed by atoms with van der Waals surface area (Å²) in [5.41, 5.74) is 0.314. The molecular weight excluding hydrogens is 393 g/mol. The van der Waals surface area contributed by atoms with Crippen molar-refractivity contribution in [1.82, 2.24) is 5.32 Å².